The van der Waals surface area contributed by atoms with Crippen LogP contribution in [0.25, 0.3) is 0 Å². The van der Waals surface area contributed by atoms with E-state index in [1.807, 2.05) is 38.1 Å². The first-order valence-corrected chi connectivity index (χ1v) is 5.83. The zero-order chi connectivity index (χ0) is 12.2. The topological polar surface area (TPSA) is 9.23 Å². The third-order valence-electron chi connectivity index (χ3n) is 2.51. The molecule has 0 aliphatic carbocycles. The lowest BCUT2D eigenvalue weighted by molar-refractivity contribution is 0.269. The maximum atomic E-state index is 5.74. The molecule has 1 aromatic carbocycles. The summed E-state index contributed by atoms with van der Waals surface area (Å²) < 4.78 is 5.74. The van der Waals surface area contributed by atoms with Crippen molar-refractivity contribution >= 4 is 0 Å². The smallest absolute Gasteiger partial charge is 0.120 e. The van der Waals surface area contributed by atoms with Crippen LogP contribution in [0.1, 0.15) is 40.2 Å². The van der Waals surface area contributed by atoms with E-state index >= 15 is 0 Å². The zero-order valence-corrected chi connectivity index (χ0v) is 10.9. The Bertz CT molecular complexity index is 341. The van der Waals surface area contributed by atoms with Gasteiger partial charge in [0.25, 0.3) is 0 Å². The van der Waals surface area contributed by atoms with E-state index < -0.39 is 0 Å². The molecule has 1 rings (SSSR count). The Labute approximate surface area is 99.1 Å². The molecule has 0 saturated carbocycles. The van der Waals surface area contributed by atoms with Gasteiger partial charge in [0.2, 0.25) is 0 Å². The Balaban J connectivity index is 2.72. The summed E-state index contributed by atoms with van der Waals surface area (Å²) in [6.07, 6.45) is 4.18. The predicted octanol–water partition coefficient (Wildman–Crippen LogP) is 4.33. The Hall–Kier alpha value is -1.24. The van der Waals surface area contributed by atoms with Crippen molar-refractivity contribution in [3.05, 3.63) is 42.0 Å². The van der Waals surface area contributed by atoms with Gasteiger partial charge < -0.3 is 4.74 Å². The molecule has 1 atom stereocenters. The van der Waals surface area contributed by atoms with Gasteiger partial charge in [0.05, 0.1) is 0 Å². The van der Waals surface area contributed by atoms with Crippen molar-refractivity contribution in [1.82, 2.24) is 0 Å². The number of hydrogen-bond donors (Lipinski definition) is 0. The van der Waals surface area contributed by atoms with Crippen LogP contribution < -0.4 is 4.74 Å². The maximum absolute atomic E-state index is 5.74. The normalized spacial score (nSPS) is 14.1. The minimum atomic E-state index is 0.130. The Morgan fingerprint density at radius 2 is 1.69 bits per heavy atom. The van der Waals surface area contributed by atoms with Gasteiger partial charge in [-0.25, -0.2) is 0 Å². The van der Waals surface area contributed by atoms with Gasteiger partial charge in [0, 0.05) is 0 Å². The quantitative estimate of drug-likeness (QED) is 0.686. The van der Waals surface area contributed by atoms with Crippen LogP contribution in [0, 0.1) is 0 Å². The molecule has 16 heavy (non-hydrogen) atoms. The standard InChI is InChI=1S/C15H22O/c1-6-7-12(2)16-14-10-8-13(9-11-14)15(3,4)5/h6-12H,1-5H3/b7-6+. The van der Waals surface area contributed by atoms with E-state index in [0.29, 0.717) is 0 Å². The van der Waals surface area contributed by atoms with E-state index in [4.69, 9.17) is 4.74 Å². The fourth-order valence-corrected chi connectivity index (χ4v) is 1.56. The molecule has 0 aromatic heterocycles. The van der Waals surface area contributed by atoms with Crippen molar-refractivity contribution in [2.24, 2.45) is 0 Å². The second-order valence-corrected chi connectivity index (χ2v) is 5.12. The zero-order valence-electron chi connectivity index (χ0n) is 10.9. The highest BCUT2D eigenvalue weighted by molar-refractivity contribution is 5.31. The van der Waals surface area contributed by atoms with Gasteiger partial charge in [-0.05, 0) is 43.0 Å². The van der Waals surface area contributed by atoms with E-state index in [2.05, 4.69) is 32.9 Å². The molecule has 0 heterocycles. The van der Waals surface area contributed by atoms with E-state index in [1.165, 1.54) is 5.56 Å². The summed E-state index contributed by atoms with van der Waals surface area (Å²) in [6.45, 7) is 10.7. The predicted molar refractivity (Wildman–Crippen MR) is 70.0 cm³/mol. The molecule has 1 heteroatoms. The van der Waals surface area contributed by atoms with Gasteiger partial charge in [-0.15, -0.1) is 0 Å². The monoisotopic (exact) mass is 218 g/mol. The molecular weight excluding hydrogens is 196 g/mol. The van der Waals surface area contributed by atoms with Gasteiger partial charge in [0.1, 0.15) is 11.9 Å². The average molecular weight is 218 g/mol. The van der Waals surface area contributed by atoms with Crippen molar-refractivity contribution < 1.29 is 4.74 Å². The molecule has 1 aromatic rings. The second-order valence-electron chi connectivity index (χ2n) is 5.12. The molecule has 0 aliphatic rings. The molecule has 0 aliphatic heterocycles. The van der Waals surface area contributed by atoms with Crippen LogP contribution >= 0.6 is 0 Å². The van der Waals surface area contributed by atoms with E-state index in [0.717, 1.165) is 5.75 Å². The van der Waals surface area contributed by atoms with Crippen LogP contribution in [0.5, 0.6) is 5.75 Å². The first-order valence-electron chi connectivity index (χ1n) is 5.83. The third kappa shape index (κ3) is 3.73. The molecule has 0 amide bonds. The lowest BCUT2D eigenvalue weighted by Crippen LogP contribution is -2.11. The van der Waals surface area contributed by atoms with Crippen molar-refractivity contribution in [1.29, 1.82) is 0 Å². The van der Waals surface area contributed by atoms with Crippen LogP contribution in [0.4, 0.5) is 0 Å². The number of benzene rings is 1. The van der Waals surface area contributed by atoms with Gasteiger partial charge in [-0.3, -0.25) is 0 Å². The summed E-state index contributed by atoms with van der Waals surface area (Å²) in [5.74, 6) is 0.929. The van der Waals surface area contributed by atoms with Crippen molar-refractivity contribution in [3.8, 4) is 5.75 Å². The highest BCUT2D eigenvalue weighted by Gasteiger charge is 2.13. The summed E-state index contributed by atoms with van der Waals surface area (Å²) in [6, 6.07) is 8.36. The minimum absolute atomic E-state index is 0.130. The van der Waals surface area contributed by atoms with Crippen molar-refractivity contribution in [2.45, 2.75) is 46.1 Å². The maximum Gasteiger partial charge on any atom is 0.120 e. The highest BCUT2D eigenvalue weighted by Crippen LogP contribution is 2.24. The highest BCUT2D eigenvalue weighted by atomic mass is 16.5. The van der Waals surface area contributed by atoms with Gasteiger partial charge in [0.15, 0.2) is 0 Å². The SMILES string of the molecule is C/C=C/C(C)Oc1ccc(C(C)(C)C)cc1. The lowest BCUT2D eigenvalue weighted by Gasteiger charge is -2.19. The fourth-order valence-electron chi connectivity index (χ4n) is 1.56. The first kappa shape index (κ1) is 12.8. The van der Waals surface area contributed by atoms with Crippen LogP contribution in [0.2, 0.25) is 0 Å². The van der Waals surface area contributed by atoms with Crippen molar-refractivity contribution in [2.75, 3.05) is 0 Å². The van der Waals surface area contributed by atoms with E-state index in [9.17, 15) is 0 Å². The number of ether oxygens (including phenoxy) is 1. The molecule has 0 spiro atoms. The summed E-state index contributed by atoms with van der Waals surface area (Å²) in [7, 11) is 0. The van der Waals surface area contributed by atoms with Gasteiger partial charge in [-0.1, -0.05) is 39.0 Å². The second kappa shape index (κ2) is 5.20. The van der Waals surface area contributed by atoms with Gasteiger partial charge in [-0.2, -0.15) is 0 Å². The van der Waals surface area contributed by atoms with Crippen molar-refractivity contribution in [3.63, 3.8) is 0 Å². The summed E-state index contributed by atoms with van der Waals surface area (Å²) in [4.78, 5) is 0. The van der Waals surface area contributed by atoms with Gasteiger partial charge >= 0.3 is 0 Å². The molecule has 0 bridgehead atoms. The largest absolute Gasteiger partial charge is 0.487 e. The molecule has 88 valence electrons. The lowest BCUT2D eigenvalue weighted by atomic mass is 9.87. The molecule has 1 unspecified atom stereocenters. The fraction of sp³-hybridized carbons (Fsp3) is 0.467. The Morgan fingerprint density at radius 1 is 1.12 bits per heavy atom. The molecule has 0 N–H and O–H groups in total. The number of allylic oxidation sites excluding steroid dienone is 1. The average Bonchev–Trinajstić information content (AvgIpc) is 2.17. The van der Waals surface area contributed by atoms with E-state index in [-0.39, 0.29) is 11.5 Å². The summed E-state index contributed by atoms with van der Waals surface area (Å²) >= 11 is 0. The summed E-state index contributed by atoms with van der Waals surface area (Å²) in [5.41, 5.74) is 1.53. The van der Waals surface area contributed by atoms with Crippen LogP contribution in [-0.4, -0.2) is 6.10 Å². The Morgan fingerprint density at radius 3 is 2.12 bits per heavy atom. The Kier molecular flexibility index (Phi) is 4.17. The van der Waals surface area contributed by atoms with Crippen LogP contribution in [0.15, 0.2) is 36.4 Å². The molecule has 0 radical (unpaired) electrons. The third-order valence-corrected chi connectivity index (χ3v) is 2.51. The summed E-state index contributed by atoms with van der Waals surface area (Å²) in [5, 5.41) is 0. The number of hydrogen-bond acceptors (Lipinski definition) is 1. The van der Waals surface area contributed by atoms with Crippen LogP contribution in [0.3, 0.4) is 0 Å². The first-order chi connectivity index (χ1) is 7.43. The van der Waals surface area contributed by atoms with E-state index in [1.54, 1.807) is 0 Å². The molecular formula is C15H22O. The minimum Gasteiger partial charge on any atom is -0.487 e. The number of rotatable bonds is 3. The molecule has 0 saturated heterocycles. The van der Waals surface area contributed by atoms with Crippen LogP contribution in [-0.2, 0) is 5.41 Å². The molecule has 1 nitrogen and oxygen atoms in total. The molecule has 0 fully saturated rings.